The zero-order valence-corrected chi connectivity index (χ0v) is 18.3. The number of hydrogen-bond acceptors (Lipinski definition) is 2. The molecule has 1 aromatic carbocycles. The number of rotatable bonds is 15. The van der Waals surface area contributed by atoms with Gasteiger partial charge in [-0.1, -0.05) is 84.1 Å². The highest BCUT2D eigenvalue weighted by molar-refractivity contribution is 5.90. The molecule has 0 aliphatic rings. The summed E-state index contributed by atoms with van der Waals surface area (Å²) < 4.78 is 57.8. The lowest BCUT2D eigenvalue weighted by molar-refractivity contribution is -0.140. The summed E-state index contributed by atoms with van der Waals surface area (Å²) in [6.45, 7) is 4.06. The van der Waals surface area contributed by atoms with E-state index < -0.39 is 35.2 Å². The highest BCUT2D eigenvalue weighted by atomic mass is 19.4. The Bertz CT molecular complexity index is 614. The van der Waals surface area contributed by atoms with Crippen molar-refractivity contribution in [3.8, 4) is 0 Å². The predicted octanol–water partition coefficient (Wildman–Crippen LogP) is 8.48. The zero-order valence-electron chi connectivity index (χ0n) is 18.3. The van der Waals surface area contributed by atoms with Crippen LogP contribution in [0.3, 0.4) is 0 Å². The van der Waals surface area contributed by atoms with Crippen LogP contribution >= 0.6 is 0 Å². The van der Waals surface area contributed by atoms with E-state index in [4.69, 9.17) is 4.74 Å². The van der Waals surface area contributed by atoms with Crippen LogP contribution in [0.2, 0.25) is 0 Å². The molecule has 0 radical (unpaired) electrons. The summed E-state index contributed by atoms with van der Waals surface area (Å²) in [6, 6.07) is 2.67. The van der Waals surface area contributed by atoms with Gasteiger partial charge in [0.15, 0.2) is 0 Å². The molecule has 2 nitrogen and oxygen atoms in total. The van der Waals surface area contributed by atoms with Crippen LogP contribution in [0.1, 0.15) is 113 Å². The summed E-state index contributed by atoms with van der Waals surface area (Å²) in [5.74, 6) is -2.60. The monoisotopic (exact) mass is 432 g/mol. The normalized spacial score (nSPS) is 12.7. The summed E-state index contributed by atoms with van der Waals surface area (Å²) in [7, 11) is 0. The summed E-state index contributed by atoms with van der Waals surface area (Å²) in [5.41, 5.74) is -2.11. The molecule has 0 N–H and O–H groups in total. The molecule has 0 aliphatic heterocycles. The van der Waals surface area contributed by atoms with Gasteiger partial charge in [0.1, 0.15) is 11.9 Å². The Morgan fingerprint density at radius 3 is 1.93 bits per heavy atom. The number of unbranched alkanes of at least 4 members (excludes halogenated alkanes) is 10. The van der Waals surface area contributed by atoms with E-state index in [1.165, 1.54) is 51.4 Å². The third kappa shape index (κ3) is 9.94. The van der Waals surface area contributed by atoms with Crippen molar-refractivity contribution in [2.45, 2.75) is 110 Å². The van der Waals surface area contributed by atoms with E-state index in [0.29, 0.717) is 18.9 Å². The van der Waals surface area contributed by atoms with Gasteiger partial charge in [-0.2, -0.15) is 13.2 Å². The predicted molar refractivity (Wildman–Crippen MR) is 112 cm³/mol. The van der Waals surface area contributed by atoms with Crippen LogP contribution < -0.4 is 0 Å². The second-order valence-corrected chi connectivity index (χ2v) is 7.92. The van der Waals surface area contributed by atoms with Crippen LogP contribution in [0.15, 0.2) is 18.2 Å². The number of esters is 1. The molecule has 30 heavy (non-hydrogen) atoms. The molecule has 0 aliphatic carbocycles. The van der Waals surface area contributed by atoms with E-state index in [9.17, 15) is 22.4 Å². The first-order valence-electron chi connectivity index (χ1n) is 11.4. The molecule has 172 valence electrons. The van der Waals surface area contributed by atoms with Gasteiger partial charge in [0.25, 0.3) is 0 Å². The van der Waals surface area contributed by atoms with E-state index in [-0.39, 0.29) is 0 Å². The van der Waals surface area contributed by atoms with Crippen LogP contribution in [0, 0.1) is 5.82 Å². The second kappa shape index (κ2) is 14.4. The van der Waals surface area contributed by atoms with Gasteiger partial charge in [0.05, 0.1) is 11.1 Å². The molecule has 6 heteroatoms. The van der Waals surface area contributed by atoms with Crippen LogP contribution in [-0.4, -0.2) is 12.1 Å². The molecule has 0 fully saturated rings. The number of ether oxygens (including phenoxy) is 1. The molecule has 1 rings (SSSR count). The van der Waals surface area contributed by atoms with Crippen molar-refractivity contribution in [2.75, 3.05) is 0 Å². The topological polar surface area (TPSA) is 26.3 Å². The molecule has 0 spiro atoms. The molecule has 1 aromatic rings. The fourth-order valence-electron chi connectivity index (χ4n) is 3.51. The number of carbonyl (C=O) groups excluding carboxylic acids is 1. The smallest absolute Gasteiger partial charge is 0.419 e. The van der Waals surface area contributed by atoms with Crippen molar-refractivity contribution < 1.29 is 27.1 Å². The molecular formula is C24H36F4O2. The van der Waals surface area contributed by atoms with E-state index in [1.807, 2.05) is 6.92 Å². The molecule has 0 amide bonds. The number of hydrogen-bond donors (Lipinski definition) is 0. The maximum Gasteiger partial charge on any atom is 0.419 e. The molecule has 0 heterocycles. The first-order chi connectivity index (χ1) is 14.3. The van der Waals surface area contributed by atoms with Crippen molar-refractivity contribution in [2.24, 2.45) is 0 Å². The summed E-state index contributed by atoms with van der Waals surface area (Å²) in [6.07, 6.45) is 9.23. The van der Waals surface area contributed by atoms with Gasteiger partial charge in [-0.3, -0.25) is 0 Å². The summed E-state index contributed by atoms with van der Waals surface area (Å²) >= 11 is 0. The number of alkyl halides is 3. The van der Waals surface area contributed by atoms with E-state index >= 15 is 0 Å². The highest BCUT2D eigenvalue weighted by Crippen LogP contribution is 2.32. The van der Waals surface area contributed by atoms with Crippen molar-refractivity contribution in [3.05, 3.63) is 35.1 Å². The minimum Gasteiger partial charge on any atom is -0.459 e. The minimum absolute atomic E-state index is 0.412. The first kappa shape index (κ1) is 26.4. The van der Waals surface area contributed by atoms with Crippen LogP contribution in [0.5, 0.6) is 0 Å². The van der Waals surface area contributed by atoms with Crippen LogP contribution in [0.4, 0.5) is 17.6 Å². The number of benzene rings is 1. The van der Waals surface area contributed by atoms with Crippen molar-refractivity contribution in [3.63, 3.8) is 0 Å². The van der Waals surface area contributed by atoms with Gasteiger partial charge in [-0.15, -0.1) is 0 Å². The lowest BCUT2D eigenvalue weighted by atomic mass is 10.0. The van der Waals surface area contributed by atoms with E-state index in [2.05, 4.69) is 6.92 Å². The SMILES string of the molecule is CCCCCCCCCCCCCC(CC)OC(=O)c1cccc(C(F)(F)F)c1F. The standard InChI is InChI=1S/C24H36F4O2/c1-3-5-6-7-8-9-10-11-12-13-14-16-19(4-2)30-23(29)20-17-15-18-21(22(20)25)24(26,27)28/h15,17-19H,3-14,16H2,1-2H3. The quantitative estimate of drug-likeness (QED) is 0.158. The van der Waals surface area contributed by atoms with Crippen molar-refractivity contribution in [1.29, 1.82) is 0 Å². The maximum absolute atomic E-state index is 14.1. The fraction of sp³-hybridized carbons (Fsp3) is 0.708. The third-order valence-corrected chi connectivity index (χ3v) is 5.38. The second-order valence-electron chi connectivity index (χ2n) is 7.92. The summed E-state index contributed by atoms with van der Waals surface area (Å²) in [5, 5.41) is 0. The molecular weight excluding hydrogens is 396 g/mol. The average molecular weight is 433 g/mol. The Balaban J connectivity index is 2.31. The van der Waals surface area contributed by atoms with Crippen LogP contribution in [0.25, 0.3) is 0 Å². The molecule has 1 unspecified atom stereocenters. The summed E-state index contributed by atoms with van der Waals surface area (Å²) in [4.78, 5) is 12.2. The number of carbonyl (C=O) groups is 1. The third-order valence-electron chi connectivity index (χ3n) is 5.38. The largest absolute Gasteiger partial charge is 0.459 e. The molecule has 0 saturated carbocycles. The average Bonchev–Trinajstić information content (AvgIpc) is 2.70. The van der Waals surface area contributed by atoms with Gasteiger partial charge in [-0.05, 0) is 31.4 Å². The first-order valence-corrected chi connectivity index (χ1v) is 11.4. The Labute approximate surface area is 178 Å². The van der Waals surface area contributed by atoms with Gasteiger partial charge < -0.3 is 4.74 Å². The van der Waals surface area contributed by atoms with Crippen LogP contribution in [-0.2, 0) is 10.9 Å². The minimum atomic E-state index is -4.85. The Morgan fingerprint density at radius 2 is 1.43 bits per heavy atom. The van der Waals surface area contributed by atoms with Gasteiger partial charge >= 0.3 is 12.1 Å². The molecule has 0 bridgehead atoms. The van der Waals surface area contributed by atoms with Gasteiger partial charge in [-0.25, -0.2) is 9.18 Å². The molecule has 0 saturated heterocycles. The fourth-order valence-corrected chi connectivity index (χ4v) is 3.51. The van der Waals surface area contributed by atoms with Crippen molar-refractivity contribution >= 4 is 5.97 Å². The van der Waals surface area contributed by atoms with Gasteiger partial charge in [0.2, 0.25) is 0 Å². The van der Waals surface area contributed by atoms with E-state index in [1.54, 1.807) is 0 Å². The lowest BCUT2D eigenvalue weighted by Gasteiger charge is -2.17. The number of halogens is 4. The molecule has 0 aromatic heterocycles. The van der Waals surface area contributed by atoms with E-state index in [0.717, 1.165) is 31.4 Å². The Kier molecular flexibility index (Phi) is 12.7. The van der Waals surface area contributed by atoms with Crippen molar-refractivity contribution in [1.82, 2.24) is 0 Å². The van der Waals surface area contributed by atoms with Gasteiger partial charge in [0, 0.05) is 0 Å². The highest BCUT2D eigenvalue weighted by Gasteiger charge is 2.36. The Morgan fingerprint density at radius 1 is 0.900 bits per heavy atom. The Hall–Kier alpha value is -1.59. The maximum atomic E-state index is 14.1. The lowest BCUT2D eigenvalue weighted by Crippen LogP contribution is -2.20. The molecule has 1 atom stereocenters. The zero-order chi connectivity index (χ0) is 22.4.